The molecule has 0 fully saturated rings. The summed E-state index contributed by atoms with van der Waals surface area (Å²) in [6.07, 6.45) is 3.79. The van der Waals surface area contributed by atoms with E-state index in [1.54, 1.807) is 0 Å². The zero-order valence-electron chi connectivity index (χ0n) is 42.3. The Morgan fingerprint density at radius 3 is 1.35 bits per heavy atom. The van der Waals surface area contributed by atoms with Crippen molar-refractivity contribution in [3.63, 3.8) is 0 Å². The molecule has 366 valence electrons. The van der Waals surface area contributed by atoms with Crippen LogP contribution in [0.5, 0.6) is 0 Å². The maximum atomic E-state index is 10.0. The lowest BCUT2D eigenvalue weighted by Gasteiger charge is -2.39. The molecule has 1 aliphatic carbocycles. The molecule has 0 saturated carbocycles. The van der Waals surface area contributed by atoms with Gasteiger partial charge in [0.25, 0.3) is 0 Å². The van der Waals surface area contributed by atoms with Crippen molar-refractivity contribution >= 4 is 77.2 Å². The van der Waals surface area contributed by atoms with E-state index >= 15 is 0 Å². The molecule has 15 aromatic rings. The third-order valence-corrected chi connectivity index (χ3v) is 18.0. The second-order valence-electron chi connectivity index (χ2n) is 20.8. The van der Waals surface area contributed by atoms with Gasteiger partial charge in [-0.15, -0.1) is 0 Å². The Bertz CT molecular complexity index is 5030. The van der Waals surface area contributed by atoms with Crippen molar-refractivity contribution in [3.8, 4) is 56.8 Å². The van der Waals surface area contributed by atoms with Gasteiger partial charge in [-0.05, 0) is 172 Å². The number of rotatable bonds is 5. The van der Waals surface area contributed by atoms with Gasteiger partial charge in [-0.3, -0.25) is 9.97 Å². The molecule has 7 heteroatoms. The van der Waals surface area contributed by atoms with Crippen molar-refractivity contribution < 1.29 is 0 Å². The molecule has 1 spiro atoms. The normalized spacial score (nSPS) is 13.1. The molecule has 79 heavy (non-hydrogen) atoms. The Morgan fingerprint density at radius 1 is 0.329 bits per heavy atom. The van der Waals surface area contributed by atoms with Crippen LogP contribution in [0, 0.1) is 11.3 Å². The highest BCUT2D eigenvalue weighted by Crippen LogP contribution is 2.62. The lowest BCUT2D eigenvalue weighted by atomic mass is 9.67. The van der Waals surface area contributed by atoms with Crippen LogP contribution in [0.2, 0.25) is 0 Å². The zero-order valence-corrected chi connectivity index (χ0v) is 43.2. The predicted octanol–water partition coefficient (Wildman–Crippen LogP) is 17.8. The molecule has 17 rings (SSSR count). The van der Waals surface area contributed by atoms with Gasteiger partial charge in [-0.25, -0.2) is 0 Å². The molecule has 10 aromatic carbocycles. The van der Waals surface area contributed by atoms with Crippen molar-refractivity contribution in [3.05, 3.63) is 283 Å². The van der Waals surface area contributed by atoms with Crippen LogP contribution in [-0.2, 0) is 5.41 Å². The first-order valence-electron chi connectivity index (χ1n) is 26.7. The maximum absolute atomic E-state index is 10.0. The molecule has 0 N–H and O–H groups in total. The molecule has 0 radical (unpaired) electrons. The minimum atomic E-state index is -0.677. The van der Waals surface area contributed by atoms with Crippen LogP contribution in [0.1, 0.15) is 27.8 Å². The van der Waals surface area contributed by atoms with Gasteiger partial charge in [-0.1, -0.05) is 127 Å². The molecule has 2 aliphatic rings. The standard InChI is InChI=1S/C72H42N6S/c73-43-44-22-32-65-55(38-44)57-40-46(25-34-67(57)76(65)49-12-2-1-3-13-49)48-23-31-58-69(42-48)79-68-35-26-47(41-61(68)72(58)59-17-10-36-74-70(59)71-60(72)18-11-37-75-71)45-24-33-66-56(39-45)54-16-6-9-21-64(54)78(66)51-29-27-50(28-30-51)77-62-19-7-4-14-52(62)53-15-5-8-20-63(53)77/h1-42H. The van der Waals surface area contributed by atoms with E-state index in [0.29, 0.717) is 5.56 Å². The van der Waals surface area contributed by atoms with Crippen LogP contribution in [0.25, 0.3) is 116 Å². The van der Waals surface area contributed by atoms with Crippen molar-refractivity contribution in [2.24, 2.45) is 0 Å². The summed E-state index contributed by atoms with van der Waals surface area (Å²) in [5.74, 6) is 0. The van der Waals surface area contributed by atoms with Crippen LogP contribution in [0.3, 0.4) is 0 Å². The Hall–Kier alpha value is -10.3. The summed E-state index contributed by atoms with van der Waals surface area (Å²) in [7, 11) is 0. The summed E-state index contributed by atoms with van der Waals surface area (Å²) in [6.45, 7) is 0. The van der Waals surface area contributed by atoms with Gasteiger partial charge in [0.05, 0.1) is 61.5 Å². The Balaban J connectivity index is 0.801. The minimum absolute atomic E-state index is 0.644. The second kappa shape index (κ2) is 16.6. The number of fused-ring (bicyclic) bond motifs is 18. The van der Waals surface area contributed by atoms with Gasteiger partial charge in [0.15, 0.2) is 0 Å². The number of hydrogen-bond acceptors (Lipinski definition) is 4. The Labute approximate surface area is 458 Å². The van der Waals surface area contributed by atoms with Gasteiger partial charge >= 0.3 is 0 Å². The number of pyridine rings is 2. The van der Waals surface area contributed by atoms with Crippen molar-refractivity contribution in [1.29, 1.82) is 5.26 Å². The summed E-state index contributed by atoms with van der Waals surface area (Å²) in [6, 6.07) is 90.6. The molecule has 0 unspecified atom stereocenters. The number of nitrogens with zero attached hydrogens (tertiary/aromatic N) is 6. The van der Waals surface area contributed by atoms with E-state index in [-0.39, 0.29) is 0 Å². The van der Waals surface area contributed by atoms with E-state index in [9.17, 15) is 5.26 Å². The summed E-state index contributed by atoms with van der Waals surface area (Å²) >= 11 is 1.84. The topological polar surface area (TPSA) is 64.4 Å². The number of para-hydroxylation sites is 4. The van der Waals surface area contributed by atoms with Crippen LogP contribution < -0.4 is 0 Å². The fourth-order valence-corrected chi connectivity index (χ4v) is 14.7. The summed E-state index contributed by atoms with van der Waals surface area (Å²) in [5, 5.41) is 17.1. The van der Waals surface area contributed by atoms with Crippen LogP contribution in [0.15, 0.2) is 265 Å². The van der Waals surface area contributed by atoms with Gasteiger partial charge in [-0.2, -0.15) is 5.26 Å². The average Bonchev–Trinajstić information content (AvgIpc) is 3.11. The third-order valence-electron chi connectivity index (χ3n) is 16.8. The first-order chi connectivity index (χ1) is 39.1. The van der Waals surface area contributed by atoms with Gasteiger partial charge in [0.2, 0.25) is 0 Å². The van der Waals surface area contributed by atoms with Gasteiger partial charge < -0.3 is 13.7 Å². The maximum Gasteiger partial charge on any atom is 0.0991 e. The van der Waals surface area contributed by atoms with Crippen molar-refractivity contribution in [1.82, 2.24) is 23.7 Å². The highest BCUT2D eigenvalue weighted by molar-refractivity contribution is 7.99. The van der Waals surface area contributed by atoms with E-state index < -0.39 is 5.41 Å². The van der Waals surface area contributed by atoms with Crippen LogP contribution >= 0.6 is 11.8 Å². The highest BCUT2D eigenvalue weighted by Gasteiger charge is 2.51. The average molecular weight is 1020 g/mol. The molecule has 6 nitrogen and oxygen atoms in total. The predicted molar refractivity (Wildman–Crippen MR) is 322 cm³/mol. The molecule has 0 bridgehead atoms. The number of benzene rings is 10. The van der Waals surface area contributed by atoms with E-state index in [0.717, 1.165) is 89.2 Å². The number of hydrogen-bond donors (Lipinski definition) is 0. The van der Waals surface area contributed by atoms with E-state index in [1.807, 2.05) is 42.4 Å². The quantitative estimate of drug-likeness (QED) is 0.172. The first-order valence-corrected chi connectivity index (χ1v) is 27.5. The molecule has 0 amide bonds. The van der Waals surface area contributed by atoms with E-state index in [4.69, 9.17) is 9.97 Å². The fraction of sp³-hybridized carbons (Fsp3) is 0.0139. The molecule has 1 aliphatic heterocycles. The fourth-order valence-electron chi connectivity index (χ4n) is 13.5. The van der Waals surface area contributed by atoms with Gasteiger partial charge in [0, 0.05) is 71.6 Å². The monoisotopic (exact) mass is 1020 g/mol. The van der Waals surface area contributed by atoms with Crippen LogP contribution in [0.4, 0.5) is 0 Å². The summed E-state index contributed by atoms with van der Waals surface area (Å²) in [5.41, 5.74) is 21.3. The van der Waals surface area contributed by atoms with Crippen molar-refractivity contribution in [2.75, 3.05) is 0 Å². The molecular weight excluding hydrogens is 981 g/mol. The molecule has 5 aromatic heterocycles. The first kappa shape index (κ1) is 43.9. The lowest BCUT2D eigenvalue weighted by Crippen LogP contribution is -2.32. The minimum Gasteiger partial charge on any atom is -0.309 e. The van der Waals surface area contributed by atoms with Crippen molar-refractivity contribution in [2.45, 2.75) is 15.2 Å². The molecular formula is C72H42N6S. The lowest BCUT2D eigenvalue weighted by molar-refractivity contribution is 0.720. The number of nitriles is 1. The third kappa shape index (κ3) is 6.17. The Kier molecular flexibility index (Phi) is 9.24. The van der Waals surface area contributed by atoms with E-state index in [2.05, 4.69) is 244 Å². The Morgan fingerprint density at radius 2 is 0.772 bits per heavy atom. The smallest absolute Gasteiger partial charge is 0.0991 e. The largest absolute Gasteiger partial charge is 0.309 e. The van der Waals surface area contributed by atoms with E-state index in [1.165, 1.54) is 59.0 Å². The zero-order chi connectivity index (χ0) is 51.9. The molecule has 0 saturated heterocycles. The second-order valence-corrected chi connectivity index (χ2v) is 21.9. The SMILES string of the molecule is N#Cc1ccc2c(c1)c1cc(-c3ccc4c(c3)Sc3ccc(-c5ccc6c(c5)c5ccccc5n6-c5ccc(-n6c7ccccc7c7ccccc76)cc5)cc3C43c4cccnc4-c4ncccc43)ccc1n2-c1ccccc1. The summed E-state index contributed by atoms with van der Waals surface area (Å²) < 4.78 is 7.08. The summed E-state index contributed by atoms with van der Waals surface area (Å²) in [4.78, 5) is 12.5. The number of aromatic nitrogens is 5. The molecule has 0 atom stereocenters. The molecule has 6 heterocycles. The van der Waals surface area contributed by atoms with Crippen LogP contribution in [-0.4, -0.2) is 23.7 Å². The highest BCUT2D eigenvalue weighted by atomic mass is 32.2. The van der Waals surface area contributed by atoms with Gasteiger partial charge in [0.1, 0.15) is 0 Å².